The first-order chi connectivity index (χ1) is 12.7. The molecule has 0 unspecified atom stereocenters. The highest BCUT2D eigenvalue weighted by atomic mass is 16.4. The Morgan fingerprint density at radius 3 is 1.56 bits per heavy atom. The SMILES string of the molecule is C[C@@](O)([C@@H](O)[C@H](O)[C@H](O)CO)C(O)(Cc1ccccc1)Cc1ccccc1. The third-order valence-electron chi connectivity index (χ3n) is 5.10. The van der Waals surface area contributed by atoms with Gasteiger partial charge in [0.2, 0.25) is 0 Å². The minimum atomic E-state index is -2.19. The number of aliphatic hydroxyl groups excluding tert-OH is 4. The first-order valence-corrected chi connectivity index (χ1v) is 8.89. The van der Waals surface area contributed by atoms with Crippen LogP contribution < -0.4 is 0 Å². The topological polar surface area (TPSA) is 121 Å². The number of hydrogen-bond acceptors (Lipinski definition) is 6. The minimum absolute atomic E-state index is 0.00867. The predicted octanol–water partition coefficient (Wildman–Crippen LogP) is 0.0289. The zero-order chi connectivity index (χ0) is 20.1. The highest BCUT2D eigenvalue weighted by molar-refractivity contribution is 5.25. The van der Waals surface area contributed by atoms with Gasteiger partial charge in [0, 0.05) is 12.8 Å². The summed E-state index contributed by atoms with van der Waals surface area (Å²) in [5.41, 5.74) is -2.57. The molecule has 0 radical (unpaired) electrons. The zero-order valence-electron chi connectivity index (χ0n) is 15.3. The van der Waals surface area contributed by atoms with E-state index >= 15 is 0 Å². The largest absolute Gasteiger partial charge is 0.394 e. The second-order valence-corrected chi connectivity index (χ2v) is 7.19. The summed E-state index contributed by atoms with van der Waals surface area (Å²) < 4.78 is 0. The molecule has 0 fully saturated rings. The van der Waals surface area contributed by atoms with Crippen molar-refractivity contribution in [3.63, 3.8) is 0 Å². The quantitative estimate of drug-likeness (QED) is 0.367. The molecule has 0 saturated heterocycles. The van der Waals surface area contributed by atoms with Gasteiger partial charge in [0.15, 0.2) is 0 Å². The number of hydrogen-bond donors (Lipinski definition) is 6. The van der Waals surface area contributed by atoms with Crippen molar-refractivity contribution >= 4 is 0 Å². The molecule has 0 aromatic heterocycles. The normalized spacial score (nSPS) is 17.7. The summed E-state index contributed by atoms with van der Waals surface area (Å²) >= 11 is 0. The van der Waals surface area contributed by atoms with Gasteiger partial charge in [0.25, 0.3) is 0 Å². The van der Waals surface area contributed by atoms with E-state index in [9.17, 15) is 25.5 Å². The van der Waals surface area contributed by atoms with Gasteiger partial charge in [-0.15, -0.1) is 0 Å². The van der Waals surface area contributed by atoms with Crippen molar-refractivity contribution in [1.82, 2.24) is 0 Å². The Hall–Kier alpha value is -1.80. The van der Waals surface area contributed by atoms with E-state index in [4.69, 9.17) is 5.11 Å². The molecule has 0 bridgehead atoms. The minimum Gasteiger partial charge on any atom is -0.394 e. The second-order valence-electron chi connectivity index (χ2n) is 7.19. The Balaban J connectivity index is 2.40. The molecule has 148 valence electrons. The second kappa shape index (κ2) is 8.93. The maximum absolute atomic E-state index is 11.5. The van der Waals surface area contributed by atoms with Crippen LogP contribution in [-0.4, -0.2) is 66.8 Å². The Morgan fingerprint density at radius 1 is 0.778 bits per heavy atom. The van der Waals surface area contributed by atoms with Crippen molar-refractivity contribution in [2.45, 2.75) is 49.3 Å². The summed E-state index contributed by atoms with van der Waals surface area (Å²) in [6.45, 7) is 0.432. The smallest absolute Gasteiger partial charge is 0.119 e. The summed E-state index contributed by atoms with van der Waals surface area (Å²) in [6, 6.07) is 18.0. The van der Waals surface area contributed by atoms with Gasteiger partial charge >= 0.3 is 0 Å². The molecule has 2 aromatic carbocycles. The Bertz CT molecular complexity index is 647. The van der Waals surface area contributed by atoms with Crippen LogP contribution in [0.1, 0.15) is 18.1 Å². The van der Waals surface area contributed by atoms with Gasteiger partial charge in [0.05, 0.1) is 6.61 Å². The van der Waals surface area contributed by atoms with Crippen molar-refractivity contribution in [2.75, 3.05) is 6.61 Å². The molecule has 0 aliphatic heterocycles. The van der Waals surface area contributed by atoms with E-state index in [1.807, 2.05) is 12.1 Å². The van der Waals surface area contributed by atoms with Gasteiger partial charge < -0.3 is 30.6 Å². The molecule has 2 rings (SSSR count). The first-order valence-electron chi connectivity index (χ1n) is 8.89. The lowest BCUT2D eigenvalue weighted by atomic mass is 9.71. The van der Waals surface area contributed by atoms with Gasteiger partial charge in [0.1, 0.15) is 29.5 Å². The average molecular weight is 376 g/mol. The van der Waals surface area contributed by atoms with Crippen molar-refractivity contribution in [1.29, 1.82) is 0 Å². The van der Waals surface area contributed by atoms with E-state index < -0.39 is 36.1 Å². The van der Waals surface area contributed by atoms with E-state index in [1.54, 1.807) is 48.5 Å². The third-order valence-corrected chi connectivity index (χ3v) is 5.10. The molecule has 0 aliphatic carbocycles. The van der Waals surface area contributed by atoms with E-state index in [0.717, 1.165) is 11.1 Å². The molecule has 0 aliphatic rings. The van der Waals surface area contributed by atoms with E-state index in [-0.39, 0.29) is 12.8 Å². The Kier molecular flexibility index (Phi) is 7.11. The average Bonchev–Trinajstić information content (AvgIpc) is 2.67. The van der Waals surface area contributed by atoms with Crippen LogP contribution in [0, 0.1) is 0 Å². The summed E-state index contributed by atoms with van der Waals surface area (Å²) in [6.07, 6.45) is -5.35. The first kappa shape index (κ1) is 21.5. The van der Waals surface area contributed by atoms with Gasteiger partial charge in [-0.3, -0.25) is 0 Å². The molecule has 0 saturated carbocycles. The summed E-state index contributed by atoms with van der Waals surface area (Å²) in [4.78, 5) is 0. The molecule has 0 heterocycles. The van der Waals surface area contributed by atoms with Gasteiger partial charge in [-0.25, -0.2) is 0 Å². The monoisotopic (exact) mass is 376 g/mol. The van der Waals surface area contributed by atoms with Crippen LogP contribution in [0.5, 0.6) is 0 Å². The van der Waals surface area contributed by atoms with Crippen molar-refractivity contribution in [3.8, 4) is 0 Å². The lowest BCUT2D eigenvalue weighted by Gasteiger charge is -2.46. The number of benzene rings is 2. The van der Waals surface area contributed by atoms with E-state index in [1.165, 1.54) is 6.92 Å². The van der Waals surface area contributed by atoms with Gasteiger partial charge in [-0.2, -0.15) is 0 Å². The fourth-order valence-corrected chi connectivity index (χ4v) is 3.21. The highest BCUT2D eigenvalue weighted by Gasteiger charge is 2.53. The molecule has 6 nitrogen and oxygen atoms in total. The van der Waals surface area contributed by atoms with Crippen LogP contribution in [0.25, 0.3) is 0 Å². The van der Waals surface area contributed by atoms with Crippen molar-refractivity contribution in [2.24, 2.45) is 0 Å². The maximum Gasteiger partial charge on any atom is 0.119 e. The fourth-order valence-electron chi connectivity index (χ4n) is 3.21. The maximum atomic E-state index is 11.5. The molecule has 0 amide bonds. The highest BCUT2D eigenvalue weighted by Crippen LogP contribution is 2.34. The lowest BCUT2D eigenvalue weighted by Crippen LogP contribution is -2.66. The van der Waals surface area contributed by atoms with Crippen LogP contribution in [0.15, 0.2) is 60.7 Å². The van der Waals surface area contributed by atoms with Crippen LogP contribution in [0.2, 0.25) is 0 Å². The van der Waals surface area contributed by atoms with Gasteiger partial charge in [-0.05, 0) is 18.1 Å². The van der Waals surface area contributed by atoms with E-state index in [2.05, 4.69) is 0 Å². The molecule has 4 atom stereocenters. The van der Waals surface area contributed by atoms with Crippen LogP contribution >= 0.6 is 0 Å². The van der Waals surface area contributed by atoms with Crippen molar-refractivity contribution < 1.29 is 30.6 Å². The molecule has 6 N–H and O–H groups in total. The standard InChI is InChI=1S/C21H28O6/c1-20(26,19(25)18(24)17(23)14-22)21(27,12-15-8-4-2-5-9-15)13-16-10-6-3-7-11-16/h2-11,17-19,22-27H,12-14H2,1H3/t17-,18-,19+,20-/m1/s1. The van der Waals surface area contributed by atoms with Gasteiger partial charge in [-0.1, -0.05) is 60.7 Å². The zero-order valence-corrected chi connectivity index (χ0v) is 15.3. The lowest BCUT2D eigenvalue weighted by molar-refractivity contribution is -0.226. The summed E-state index contributed by atoms with van der Waals surface area (Å²) in [5.74, 6) is 0. The molecule has 2 aromatic rings. The van der Waals surface area contributed by atoms with Crippen LogP contribution in [-0.2, 0) is 12.8 Å². The molecule has 6 heteroatoms. The predicted molar refractivity (Wildman–Crippen MR) is 101 cm³/mol. The molecule has 0 spiro atoms. The van der Waals surface area contributed by atoms with Crippen LogP contribution in [0.3, 0.4) is 0 Å². The number of aliphatic hydroxyl groups is 6. The molecular weight excluding hydrogens is 348 g/mol. The Morgan fingerprint density at radius 2 is 1.19 bits per heavy atom. The summed E-state index contributed by atoms with van der Waals surface area (Å²) in [7, 11) is 0. The summed E-state index contributed by atoms with van der Waals surface area (Å²) in [5, 5.41) is 61.8. The molecular formula is C21H28O6. The fraction of sp³-hybridized carbons (Fsp3) is 0.429. The molecule has 27 heavy (non-hydrogen) atoms. The van der Waals surface area contributed by atoms with Crippen molar-refractivity contribution in [3.05, 3.63) is 71.8 Å². The van der Waals surface area contributed by atoms with Crippen LogP contribution in [0.4, 0.5) is 0 Å². The third kappa shape index (κ3) is 4.93. The van der Waals surface area contributed by atoms with E-state index in [0.29, 0.717) is 0 Å². The Labute approximate surface area is 159 Å². The number of rotatable bonds is 9.